The second kappa shape index (κ2) is 10.5. The summed E-state index contributed by atoms with van der Waals surface area (Å²) in [5.74, 6) is -0.236. The first kappa shape index (κ1) is 23.4. The first-order chi connectivity index (χ1) is 16.9. The van der Waals surface area contributed by atoms with Gasteiger partial charge in [-0.05, 0) is 65.7 Å². The highest BCUT2D eigenvalue weighted by Crippen LogP contribution is 2.22. The third kappa shape index (κ3) is 6.00. The van der Waals surface area contributed by atoms with E-state index in [1.165, 1.54) is 14.0 Å². The molecule has 3 aromatic carbocycles. The molecule has 0 unspecified atom stereocenters. The Kier molecular flexibility index (Phi) is 7.02. The number of anilines is 1. The summed E-state index contributed by atoms with van der Waals surface area (Å²) in [5, 5.41) is 2.68. The SMILES string of the molecule is COC(=O)c1ccc(COc2ccc(/C=C3\N=C(c4ccc(NC(C)=O)cc4)OC3=O)cc2)cc1. The Bertz CT molecular complexity index is 1310. The number of nitrogens with zero attached hydrogens (tertiary/aromatic N) is 1. The lowest BCUT2D eigenvalue weighted by atomic mass is 10.1. The van der Waals surface area contributed by atoms with Gasteiger partial charge in [-0.1, -0.05) is 24.3 Å². The summed E-state index contributed by atoms with van der Waals surface area (Å²) in [6.07, 6.45) is 1.64. The van der Waals surface area contributed by atoms with Crippen LogP contribution in [0.4, 0.5) is 5.69 Å². The summed E-state index contributed by atoms with van der Waals surface area (Å²) >= 11 is 0. The molecule has 1 N–H and O–H groups in total. The number of cyclic esters (lactones) is 1. The fourth-order valence-electron chi connectivity index (χ4n) is 3.27. The number of rotatable bonds is 7. The Hall–Kier alpha value is -4.72. The number of methoxy groups -OCH3 is 1. The molecule has 0 atom stereocenters. The largest absolute Gasteiger partial charge is 0.489 e. The second-order valence-electron chi connectivity index (χ2n) is 7.64. The maximum Gasteiger partial charge on any atom is 0.363 e. The molecule has 1 amide bonds. The zero-order chi connectivity index (χ0) is 24.8. The van der Waals surface area contributed by atoms with Gasteiger partial charge in [-0.25, -0.2) is 14.6 Å². The van der Waals surface area contributed by atoms with Crippen LogP contribution < -0.4 is 10.1 Å². The minimum absolute atomic E-state index is 0.168. The summed E-state index contributed by atoms with van der Waals surface area (Å²) < 4.78 is 15.8. The lowest BCUT2D eigenvalue weighted by Crippen LogP contribution is -2.07. The average Bonchev–Trinajstić information content (AvgIpc) is 3.23. The fourth-order valence-corrected chi connectivity index (χ4v) is 3.27. The molecule has 8 nitrogen and oxygen atoms in total. The van der Waals surface area contributed by atoms with Gasteiger partial charge in [-0.3, -0.25) is 4.79 Å². The predicted molar refractivity (Wildman–Crippen MR) is 130 cm³/mol. The lowest BCUT2D eigenvalue weighted by Gasteiger charge is -2.07. The van der Waals surface area contributed by atoms with E-state index in [1.807, 2.05) is 12.1 Å². The topological polar surface area (TPSA) is 103 Å². The smallest absolute Gasteiger partial charge is 0.363 e. The number of aliphatic imine (C=N–C) groups is 1. The van der Waals surface area contributed by atoms with Crippen LogP contribution in [0.15, 0.2) is 83.5 Å². The fraction of sp³-hybridized carbons (Fsp3) is 0.111. The van der Waals surface area contributed by atoms with Gasteiger partial charge in [0.1, 0.15) is 12.4 Å². The van der Waals surface area contributed by atoms with E-state index in [2.05, 4.69) is 10.3 Å². The summed E-state index contributed by atoms with van der Waals surface area (Å²) in [6, 6.07) is 21.0. The molecule has 0 bridgehead atoms. The van der Waals surface area contributed by atoms with Gasteiger partial charge in [-0.2, -0.15) is 0 Å². The molecule has 1 heterocycles. The highest BCUT2D eigenvalue weighted by Gasteiger charge is 2.24. The van der Waals surface area contributed by atoms with Crippen molar-refractivity contribution in [1.82, 2.24) is 0 Å². The van der Waals surface area contributed by atoms with Crippen LogP contribution in [-0.4, -0.2) is 30.9 Å². The van der Waals surface area contributed by atoms with Crippen LogP contribution in [0.25, 0.3) is 6.08 Å². The van der Waals surface area contributed by atoms with Crippen LogP contribution in [0, 0.1) is 0 Å². The minimum atomic E-state index is -0.540. The van der Waals surface area contributed by atoms with Gasteiger partial charge >= 0.3 is 11.9 Å². The van der Waals surface area contributed by atoms with Gasteiger partial charge in [0.25, 0.3) is 0 Å². The monoisotopic (exact) mass is 470 g/mol. The Morgan fingerprint density at radius 3 is 2.29 bits per heavy atom. The second-order valence-corrected chi connectivity index (χ2v) is 7.64. The molecule has 0 saturated heterocycles. The van der Waals surface area contributed by atoms with Crippen LogP contribution in [0.5, 0.6) is 5.75 Å². The Morgan fingerprint density at radius 2 is 1.66 bits per heavy atom. The van der Waals surface area contributed by atoms with Crippen molar-refractivity contribution in [1.29, 1.82) is 0 Å². The molecule has 3 aromatic rings. The number of hydrogen-bond donors (Lipinski definition) is 1. The number of nitrogens with one attached hydrogen (secondary N) is 1. The van der Waals surface area contributed by atoms with Gasteiger partial charge in [0.2, 0.25) is 11.8 Å². The van der Waals surface area contributed by atoms with E-state index in [9.17, 15) is 14.4 Å². The van der Waals surface area contributed by atoms with Crippen molar-refractivity contribution in [2.45, 2.75) is 13.5 Å². The summed E-state index contributed by atoms with van der Waals surface area (Å²) in [4.78, 5) is 39.2. The maximum absolute atomic E-state index is 12.3. The molecule has 1 aliphatic rings. The molecule has 0 fully saturated rings. The molecule has 0 aromatic heterocycles. The molecule has 4 rings (SSSR count). The molecular formula is C27H22N2O6. The molecule has 0 radical (unpaired) electrons. The van der Waals surface area contributed by atoms with Crippen molar-refractivity contribution in [3.05, 3.63) is 101 Å². The summed E-state index contributed by atoms with van der Waals surface area (Å²) in [7, 11) is 1.34. The molecule has 0 saturated carbocycles. The van der Waals surface area contributed by atoms with E-state index in [0.29, 0.717) is 29.2 Å². The molecule has 176 valence electrons. The summed E-state index contributed by atoms with van der Waals surface area (Å²) in [6.45, 7) is 1.77. The van der Waals surface area contributed by atoms with Gasteiger partial charge in [0, 0.05) is 18.2 Å². The van der Waals surface area contributed by atoms with Crippen molar-refractivity contribution < 1.29 is 28.6 Å². The van der Waals surface area contributed by atoms with E-state index in [1.54, 1.807) is 66.7 Å². The van der Waals surface area contributed by atoms with Crippen LogP contribution in [-0.2, 0) is 25.7 Å². The Balaban J connectivity index is 1.39. The maximum atomic E-state index is 12.3. The van der Waals surface area contributed by atoms with Crippen molar-refractivity contribution in [3.8, 4) is 5.75 Å². The number of carbonyl (C=O) groups is 3. The number of benzene rings is 3. The van der Waals surface area contributed by atoms with Crippen LogP contribution in [0.2, 0.25) is 0 Å². The number of amides is 1. The highest BCUT2D eigenvalue weighted by atomic mass is 16.6. The lowest BCUT2D eigenvalue weighted by molar-refractivity contribution is -0.129. The van der Waals surface area contributed by atoms with Crippen LogP contribution in [0.3, 0.4) is 0 Å². The molecule has 35 heavy (non-hydrogen) atoms. The minimum Gasteiger partial charge on any atom is -0.489 e. The van der Waals surface area contributed by atoms with Crippen LogP contribution in [0.1, 0.15) is 34.0 Å². The van der Waals surface area contributed by atoms with Crippen molar-refractivity contribution in [3.63, 3.8) is 0 Å². The van der Waals surface area contributed by atoms with E-state index in [-0.39, 0.29) is 23.5 Å². The zero-order valence-electron chi connectivity index (χ0n) is 19.1. The first-order valence-corrected chi connectivity index (χ1v) is 10.7. The highest BCUT2D eigenvalue weighted by molar-refractivity contribution is 6.13. The van der Waals surface area contributed by atoms with Crippen LogP contribution >= 0.6 is 0 Å². The number of carbonyl (C=O) groups excluding carboxylic acids is 3. The van der Waals surface area contributed by atoms with Crippen molar-refractivity contribution in [2.75, 3.05) is 12.4 Å². The predicted octanol–water partition coefficient (Wildman–Crippen LogP) is 4.36. The van der Waals surface area contributed by atoms with Gasteiger partial charge in [0.15, 0.2) is 5.70 Å². The molecule has 8 heteroatoms. The standard InChI is InChI=1S/C27H22N2O6/c1-17(30)28-22-11-9-20(10-12-22)25-29-24(27(32)35-25)15-18-5-13-23(14-6-18)34-16-19-3-7-21(8-4-19)26(31)33-2/h3-15H,16H2,1-2H3,(H,28,30)/b24-15-. The number of ether oxygens (including phenoxy) is 3. The molecule has 0 aliphatic carbocycles. The Morgan fingerprint density at radius 1 is 0.971 bits per heavy atom. The summed E-state index contributed by atoms with van der Waals surface area (Å²) in [5.41, 5.74) is 3.60. The van der Waals surface area contributed by atoms with Gasteiger partial charge in [0.05, 0.1) is 12.7 Å². The van der Waals surface area contributed by atoms with Gasteiger partial charge in [-0.15, -0.1) is 0 Å². The van der Waals surface area contributed by atoms with E-state index in [0.717, 1.165) is 11.1 Å². The zero-order valence-corrected chi connectivity index (χ0v) is 19.1. The molecule has 1 aliphatic heterocycles. The molecule has 0 spiro atoms. The van der Waals surface area contributed by atoms with Gasteiger partial charge < -0.3 is 19.5 Å². The third-order valence-corrected chi connectivity index (χ3v) is 5.04. The quantitative estimate of drug-likeness (QED) is 0.407. The normalized spacial score (nSPS) is 13.7. The van der Waals surface area contributed by atoms with Crippen molar-refractivity contribution >= 4 is 35.5 Å². The third-order valence-electron chi connectivity index (χ3n) is 5.04. The number of esters is 2. The first-order valence-electron chi connectivity index (χ1n) is 10.7. The number of hydrogen-bond acceptors (Lipinski definition) is 7. The Labute approximate surface area is 201 Å². The average molecular weight is 470 g/mol. The van der Waals surface area contributed by atoms with E-state index >= 15 is 0 Å². The van der Waals surface area contributed by atoms with E-state index < -0.39 is 5.97 Å². The molecular weight excluding hydrogens is 448 g/mol. The van der Waals surface area contributed by atoms with Crippen molar-refractivity contribution in [2.24, 2.45) is 4.99 Å². The van der Waals surface area contributed by atoms with E-state index in [4.69, 9.17) is 14.2 Å².